The number of aryl methyl sites for hydroxylation is 1. The van der Waals surface area contributed by atoms with E-state index in [1.54, 1.807) is 28.8 Å². The van der Waals surface area contributed by atoms with Crippen molar-refractivity contribution in [2.45, 2.75) is 31.4 Å². The molecule has 1 fully saturated rings. The Labute approximate surface area is 215 Å². The van der Waals surface area contributed by atoms with Gasteiger partial charge in [-0.05, 0) is 67.8 Å². The maximum atomic E-state index is 13.0. The molecule has 2 aliphatic rings. The Bertz CT molecular complexity index is 1530. The number of ether oxygens (including phenoxy) is 2. The molecular formula is C27H27N5O4S. The van der Waals surface area contributed by atoms with E-state index in [1.165, 1.54) is 0 Å². The molecule has 5 heterocycles. The number of H-pyrrole nitrogens is 1. The summed E-state index contributed by atoms with van der Waals surface area (Å²) in [5, 5.41) is 0. The van der Waals surface area contributed by atoms with Crippen LogP contribution in [-0.2, 0) is 15.8 Å². The highest BCUT2D eigenvalue weighted by atomic mass is 32.2. The number of benzene rings is 1. The van der Waals surface area contributed by atoms with Gasteiger partial charge in [0.15, 0.2) is 11.5 Å². The molecule has 0 aliphatic carbocycles. The fraction of sp³-hybridized carbons (Fsp3) is 0.296. The number of piperidine rings is 1. The van der Waals surface area contributed by atoms with Crippen molar-refractivity contribution in [1.82, 2.24) is 24.2 Å². The zero-order valence-corrected chi connectivity index (χ0v) is 21.2. The van der Waals surface area contributed by atoms with E-state index in [-0.39, 0.29) is 18.5 Å². The van der Waals surface area contributed by atoms with Crippen molar-refractivity contribution in [3.63, 3.8) is 0 Å². The summed E-state index contributed by atoms with van der Waals surface area (Å²) in [6, 6.07) is 15.2. The smallest absolute Gasteiger partial charge is 0.231 e. The highest BCUT2D eigenvalue weighted by Gasteiger charge is 2.31. The van der Waals surface area contributed by atoms with Crippen LogP contribution in [0.1, 0.15) is 35.8 Å². The second-order valence-electron chi connectivity index (χ2n) is 9.36. The SMILES string of the molecule is Cc1cccc(-c2[nH]c(C3CCN(S(=O)(=O)Cc4ccncc4)CC3)nc2-c2ccc3c(c2)OCO3)n1. The Hall–Kier alpha value is -3.76. The summed E-state index contributed by atoms with van der Waals surface area (Å²) in [5.74, 6) is 2.35. The number of nitrogens with one attached hydrogen (secondary N) is 1. The average molecular weight is 518 g/mol. The first-order chi connectivity index (χ1) is 18.0. The second kappa shape index (κ2) is 9.60. The summed E-state index contributed by atoms with van der Waals surface area (Å²) in [6.45, 7) is 3.08. The number of aromatic nitrogens is 4. The van der Waals surface area contributed by atoms with Crippen LogP contribution in [0.2, 0.25) is 0 Å². The first-order valence-corrected chi connectivity index (χ1v) is 13.9. The zero-order chi connectivity index (χ0) is 25.4. The minimum Gasteiger partial charge on any atom is -0.454 e. The van der Waals surface area contributed by atoms with Crippen LogP contribution in [0, 0.1) is 6.92 Å². The fourth-order valence-electron chi connectivity index (χ4n) is 4.89. The molecule has 0 saturated carbocycles. The molecule has 0 radical (unpaired) electrons. The van der Waals surface area contributed by atoms with E-state index in [0.29, 0.717) is 31.7 Å². The van der Waals surface area contributed by atoms with Gasteiger partial charge in [0.1, 0.15) is 5.82 Å². The van der Waals surface area contributed by atoms with Crippen LogP contribution in [0.3, 0.4) is 0 Å². The Balaban J connectivity index is 1.27. The number of hydrogen-bond donors (Lipinski definition) is 1. The van der Waals surface area contributed by atoms with Crippen LogP contribution >= 0.6 is 0 Å². The van der Waals surface area contributed by atoms with Crippen molar-refractivity contribution in [1.29, 1.82) is 0 Å². The number of sulfonamides is 1. The number of nitrogens with zero attached hydrogens (tertiary/aromatic N) is 4. The Kier molecular flexibility index (Phi) is 6.13. The summed E-state index contributed by atoms with van der Waals surface area (Å²) in [6.07, 6.45) is 4.60. The predicted octanol–water partition coefficient (Wildman–Crippen LogP) is 4.28. The lowest BCUT2D eigenvalue weighted by atomic mass is 9.97. The Morgan fingerprint density at radius 3 is 2.57 bits per heavy atom. The molecule has 0 atom stereocenters. The Morgan fingerprint density at radius 2 is 1.78 bits per heavy atom. The van der Waals surface area contributed by atoms with Crippen LogP contribution in [0.25, 0.3) is 22.6 Å². The van der Waals surface area contributed by atoms with E-state index in [9.17, 15) is 8.42 Å². The lowest BCUT2D eigenvalue weighted by Crippen LogP contribution is -2.38. The van der Waals surface area contributed by atoms with E-state index in [2.05, 4.69) is 9.97 Å². The van der Waals surface area contributed by atoms with Gasteiger partial charge in [-0.15, -0.1) is 0 Å². The largest absolute Gasteiger partial charge is 0.454 e. The molecular weight excluding hydrogens is 490 g/mol. The monoisotopic (exact) mass is 517 g/mol. The molecule has 3 aromatic heterocycles. The molecule has 9 nitrogen and oxygen atoms in total. The molecule has 0 unspecified atom stereocenters. The van der Waals surface area contributed by atoms with Gasteiger partial charge in [0, 0.05) is 42.7 Å². The molecule has 37 heavy (non-hydrogen) atoms. The molecule has 0 spiro atoms. The van der Waals surface area contributed by atoms with E-state index >= 15 is 0 Å². The third-order valence-corrected chi connectivity index (χ3v) is 8.70. The van der Waals surface area contributed by atoms with Crippen molar-refractivity contribution in [2.24, 2.45) is 0 Å². The van der Waals surface area contributed by atoms with Crippen LogP contribution < -0.4 is 9.47 Å². The fourth-order valence-corrected chi connectivity index (χ4v) is 6.46. The number of pyridine rings is 2. The molecule has 10 heteroatoms. The van der Waals surface area contributed by atoms with Gasteiger partial charge < -0.3 is 14.5 Å². The van der Waals surface area contributed by atoms with Gasteiger partial charge >= 0.3 is 0 Å². The Morgan fingerprint density at radius 1 is 1.00 bits per heavy atom. The van der Waals surface area contributed by atoms with E-state index in [0.717, 1.165) is 45.5 Å². The molecule has 1 saturated heterocycles. The first-order valence-electron chi connectivity index (χ1n) is 12.3. The van der Waals surface area contributed by atoms with Gasteiger partial charge in [0.2, 0.25) is 16.8 Å². The summed E-state index contributed by atoms with van der Waals surface area (Å²) in [7, 11) is -3.40. The molecule has 1 aromatic carbocycles. The first kappa shape index (κ1) is 23.6. The van der Waals surface area contributed by atoms with Crippen LogP contribution in [0.5, 0.6) is 11.5 Å². The molecule has 0 amide bonds. The average Bonchev–Trinajstić information content (AvgIpc) is 3.56. The van der Waals surface area contributed by atoms with Crippen LogP contribution in [-0.4, -0.2) is 52.5 Å². The van der Waals surface area contributed by atoms with Gasteiger partial charge in [0.25, 0.3) is 0 Å². The number of imidazole rings is 1. The van der Waals surface area contributed by atoms with Gasteiger partial charge in [-0.2, -0.15) is 0 Å². The van der Waals surface area contributed by atoms with Crippen molar-refractivity contribution >= 4 is 10.0 Å². The molecule has 4 aromatic rings. The maximum absolute atomic E-state index is 13.0. The lowest BCUT2D eigenvalue weighted by Gasteiger charge is -2.30. The highest BCUT2D eigenvalue weighted by molar-refractivity contribution is 7.88. The molecule has 0 bridgehead atoms. The highest BCUT2D eigenvalue weighted by Crippen LogP contribution is 2.39. The topological polar surface area (TPSA) is 110 Å². The molecule has 6 rings (SSSR count). The predicted molar refractivity (Wildman–Crippen MR) is 139 cm³/mol. The number of fused-ring (bicyclic) bond motifs is 1. The summed E-state index contributed by atoms with van der Waals surface area (Å²) in [4.78, 5) is 17.3. The maximum Gasteiger partial charge on any atom is 0.231 e. The van der Waals surface area contributed by atoms with Gasteiger partial charge in [-0.1, -0.05) is 6.07 Å². The van der Waals surface area contributed by atoms with E-state index < -0.39 is 10.0 Å². The summed E-state index contributed by atoms with van der Waals surface area (Å²) < 4.78 is 38.7. The van der Waals surface area contributed by atoms with Crippen molar-refractivity contribution in [2.75, 3.05) is 19.9 Å². The van der Waals surface area contributed by atoms with Gasteiger partial charge in [0.05, 0.1) is 22.8 Å². The van der Waals surface area contributed by atoms with Gasteiger partial charge in [-0.25, -0.2) is 17.7 Å². The lowest BCUT2D eigenvalue weighted by molar-refractivity contribution is 0.174. The number of rotatable bonds is 6. The van der Waals surface area contributed by atoms with E-state index in [1.807, 2.05) is 43.3 Å². The zero-order valence-electron chi connectivity index (χ0n) is 20.4. The normalized spacial score (nSPS) is 16.2. The molecule has 190 valence electrons. The molecule has 2 aliphatic heterocycles. The minimum atomic E-state index is -3.40. The summed E-state index contributed by atoms with van der Waals surface area (Å²) in [5.41, 5.74) is 5.00. The molecule has 1 N–H and O–H groups in total. The third kappa shape index (κ3) is 4.82. The van der Waals surface area contributed by atoms with Crippen molar-refractivity contribution in [3.8, 4) is 34.1 Å². The van der Waals surface area contributed by atoms with E-state index in [4.69, 9.17) is 19.4 Å². The van der Waals surface area contributed by atoms with Gasteiger partial charge in [-0.3, -0.25) is 9.97 Å². The second-order valence-corrected chi connectivity index (χ2v) is 11.3. The summed E-state index contributed by atoms with van der Waals surface area (Å²) >= 11 is 0. The number of aromatic amines is 1. The number of hydrogen-bond acceptors (Lipinski definition) is 7. The van der Waals surface area contributed by atoms with Crippen molar-refractivity contribution < 1.29 is 17.9 Å². The standard InChI is InChI=1S/C27H27N5O4S/c1-18-3-2-4-22(29-18)26-25(21-5-6-23-24(15-21)36-17-35-23)30-27(31-26)20-9-13-32(14-10-20)37(33,34)16-19-7-11-28-12-8-19/h2-8,11-12,15,20H,9-10,13-14,16-17H2,1H3,(H,30,31). The third-order valence-electron chi connectivity index (χ3n) is 6.85. The van der Waals surface area contributed by atoms with Crippen molar-refractivity contribution in [3.05, 3.63) is 78.0 Å². The van der Waals surface area contributed by atoms with Crippen LogP contribution in [0.15, 0.2) is 60.9 Å². The minimum absolute atomic E-state index is 0.0155. The van der Waals surface area contributed by atoms with Crippen LogP contribution in [0.4, 0.5) is 0 Å². The quantitative estimate of drug-likeness (QED) is 0.406.